The number of likely N-dealkylation sites (tertiary alicyclic amines) is 1. The molecular formula is C60H66Cl2N4O14. The standard InChI is InChI=1S/C30H31ClN2O8.C30H35ClN2O6/c1-5-39-28(35)27-23(17-25(40-27)19-6-9-21(31)10-7-19)26(34)22-16-20(8-11-24(22)33(37)38)18-12-14-32(15-13-18)29(36)41-30(2,3)4;1-5-37-28(35)27-23(17-25(38-27)19-6-9-21(31)10-7-19)26(34)22-16-20(8-11-24(22)32)18-12-14-33(15-13-18)29(36)39-30(2,3)4/h6-12,16-17,26,34H,5,13-15H2,1-4H3;6-11,16-18,26,34H,5,12-15,32H2,1-4H3. The number of hydrogen-bond donors (Lipinski definition) is 3. The minimum absolute atomic E-state index is 0.0167. The van der Waals surface area contributed by atoms with Gasteiger partial charge >= 0.3 is 24.1 Å². The van der Waals surface area contributed by atoms with E-state index in [1.165, 1.54) is 18.2 Å². The number of hydrogen-bond acceptors (Lipinski definition) is 15. The molecule has 0 bridgehead atoms. The zero-order valence-corrected chi connectivity index (χ0v) is 47.4. The lowest BCUT2D eigenvalue weighted by Gasteiger charge is -2.34. The number of ether oxygens (including phenoxy) is 4. The van der Waals surface area contributed by atoms with Crippen LogP contribution in [0.15, 0.2) is 112 Å². The van der Waals surface area contributed by atoms with E-state index >= 15 is 0 Å². The van der Waals surface area contributed by atoms with E-state index in [1.54, 1.807) is 111 Å². The number of aliphatic hydroxyl groups is 2. The first-order valence-corrected chi connectivity index (χ1v) is 26.9. The normalized spacial score (nSPS) is 14.7. The Morgan fingerprint density at radius 2 is 1.14 bits per heavy atom. The molecule has 18 nitrogen and oxygen atoms in total. The molecule has 0 spiro atoms. The number of nitro groups is 1. The highest BCUT2D eigenvalue weighted by Gasteiger charge is 2.34. The maximum absolute atomic E-state index is 12.8. The molecule has 0 aliphatic carbocycles. The summed E-state index contributed by atoms with van der Waals surface area (Å²) in [5.41, 5.74) is 9.75. The zero-order valence-electron chi connectivity index (χ0n) is 45.9. The molecule has 2 amide bonds. The number of nitro benzene ring substituents is 1. The molecule has 4 N–H and O–H groups in total. The van der Waals surface area contributed by atoms with Gasteiger partial charge in [0.05, 0.1) is 23.7 Å². The van der Waals surface area contributed by atoms with E-state index in [0.717, 1.165) is 24.0 Å². The van der Waals surface area contributed by atoms with Crippen LogP contribution in [0.3, 0.4) is 0 Å². The van der Waals surface area contributed by atoms with Crippen LogP contribution in [0.1, 0.15) is 147 Å². The fourth-order valence-electron chi connectivity index (χ4n) is 9.15. The highest BCUT2D eigenvalue weighted by Crippen LogP contribution is 2.41. The maximum atomic E-state index is 12.8. The molecule has 2 unspecified atom stereocenters. The Morgan fingerprint density at radius 1 is 0.662 bits per heavy atom. The van der Waals surface area contributed by atoms with Crippen molar-refractivity contribution in [1.82, 2.24) is 9.80 Å². The summed E-state index contributed by atoms with van der Waals surface area (Å²) in [5.74, 6) is -0.982. The number of nitrogens with zero attached hydrogens (tertiary/aromatic N) is 3. The maximum Gasteiger partial charge on any atom is 0.410 e. The van der Waals surface area contributed by atoms with Gasteiger partial charge in [0, 0.05) is 75.8 Å². The monoisotopic (exact) mass is 1140 g/mol. The minimum atomic E-state index is -1.58. The Morgan fingerprint density at radius 3 is 1.59 bits per heavy atom. The van der Waals surface area contributed by atoms with Crippen molar-refractivity contribution in [3.05, 3.63) is 168 Å². The van der Waals surface area contributed by atoms with Gasteiger partial charge in [0.1, 0.15) is 34.9 Å². The van der Waals surface area contributed by atoms with Gasteiger partial charge < -0.3 is 53.5 Å². The van der Waals surface area contributed by atoms with Crippen molar-refractivity contribution in [3.63, 3.8) is 0 Å². The number of anilines is 1. The number of nitrogens with two attached hydrogens (primary N) is 1. The number of furan rings is 2. The third-order valence-electron chi connectivity index (χ3n) is 13.1. The molecule has 2 aliphatic rings. The SMILES string of the molecule is CCOC(=O)c1oc(-c2ccc(Cl)cc2)cc1C(O)c1cc(C2=CCN(C(=O)OC(C)(C)C)CC2)ccc1[N+](=O)[O-].CCOC(=O)c1oc(-c2ccc(Cl)cc2)cc1C(O)c1cc(C2CCN(C(=O)OC(C)(C)C)CC2)ccc1N. The minimum Gasteiger partial charge on any atom is -0.460 e. The van der Waals surface area contributed by atoms with Crippen LogP contribution in [0.25, 0.3) is 28.2 Å². The predicted octanol–water partition coefficient (Wildman–Crippen LogP) is 13.3. The number of halogens is 2. The Bertz CT molecular complexity index is 3240. The number of nitrogen functional groups attached to an aromatic ring is 1. The van der Waals surface area contributed by atoms with Crippen molar-refractivity contribution in [3.8, 4) is 22.6 Å². The molecule has 0 saturated carbocycles. The number of aliphatic hydroxyl groups excluding tert-OH is 2. The number of amides is 2. The second kappa shape index (κ2) is 25.6. The Labute approximate surface area is 474 Å². The molecule has 1 saturated heterocycles. The van der Waals surface area contributed by atoms with Gasteiger partial charge in [-0.2, -0.15) is 0 Å². The highest BCUT2D eigenvalue weighted by atomic mass is 35.5. The molecule has 4 heterocycles. The van der Waals surface area contributed by atoms with Gasteiger partial charge in [-0.25, -0.2) is 19.2 Å². The van der Waals surface area contributed by atoms with Crippen LogP contribution in [-0.4, -0.2) is 99.7 Å². The Hall–Kier alpha value is -7.64. The number of carbonyl (C=O) groups excluding carboxylic acids is 4. The molecule has 6 aromatic rings. The quantitative estimate of drug-likeness (QED) is 0.0320. The van der Waals surface area contributed by atoms with Gasteiger partial charge in [0.2, 0.25) is 11.5 Å². The number of carbonyl (C=O) groups is 4. The fraction of sp³-hybridized carbons (Fsp3) is 0.367. The number of piperidine rings is 1. The first kappa shape index (κ1) is 60.0. The van der Waals surface area contributed by atoms with Gasteiger partial charge in [0.15, 0.2) is 0 Å². The Kier molecular flexibility index (Phi) is 19.2. The lowest BCUT2D eigenvalue weighted by Crippen LogP contribution is -2.41. The van der Waals surface area contributed by atoms with Crippen molar-refractivity contribution >= 4 is 64.3 Å². The van der Waals surface area contributed by atoms with Crippen LogP contribution >= 0.6 is 23.2 Å². The number of esters is 2. The second-order valence-electron chi connectivity index (χ2n) is 21.1. The molecular weight excluding hydrogens is 1070 g/mol. The van der Waals surface area contributed by atoms with E-state index in [9.17, 15) is 39.5 Å². The summed E-state index contributed by atoms with van der Waals surface area (Å²) in [6.07, 6.45) is 0.294. The average Bonchev–Trinajstić information content (AvgIpc) is 4.18. The van der Waals surface area contributed by atoms with E-state index in [0.29, 0.717) is 76.3 Å². The van der Waals surface area contributed by atoms with Crippen molar-refractivity contribution < 1.29 is 62.1 Å². The molecule has 4 aromatic carbocycles. The first-order valence-electron chi connectivity index (χ1n) is 26.2. The largest absolute Gasteiger partial charge is 0.460 e. The summed E-state index contributed by atoms with van der Waals surface area (Å²) in [6, 6.07) is 26.8. The van der Waals surface area contributed by atoms with Gasteiger partial charge in [-0.1, -0.05) is 41.4 Å². The number of rotatable bonds is 13. The molecule has 424 valence electrons. The lowest BCUT2D eigenvalue weighted by atomic mass is 9.87. The lowest BCUT2D eigenvalue weighted by molar-refractivity contribution is -0.386. The summed E-state index contributed by atoms with van der Waals surface area (Å²) in [4.78, 5) is 65.1. The van der Waals surface area contributed by atoms with Crippen LogP contribution in [0.2, 0.25) is 10.0 Å². The van der Waals surface area contributed by atoms with Crippen LogP contribution in [0.4, 0.5) is 21.0 Å². The smallest absolute Gasteiger partial charge is 0.410 e. The molecule has 20 heteroatoms. The topological polar surface area (TPSA) is 248 Å². The van der Waals surface area contributed by atoms with E-state index in [-0.39, 0.29) is 64.9 Å². The molecule has 2 aromatic heterocycles. The third kappa shape index (κ3) is 15.0. The third-order valence-corrected chi connectivity index (χ3v) is 13.6. The molecule has 0 radical (unpaired) electrons. The van der Waals surface area contributed by atoms with Crippen LogP contribution < -0.4 is 5.73 Å². The van der Waals surface area contributed by atoms with Crippen molar-refractivity contribution in [2.75, 3.05) is 45.1 Å². The van der Waals surface area contributed by atoms with E-state index in [4.69, 9.17) is 56.7 Å². The molecule has 80 heavy (non-hydrogen) atoms. The highest BCUT2D eigenvalue weighted by molar-refractivity contribution is 6.31. The molecule has 8 rings (SSSR count). The molecule has 1 fully saturated rings. The Balaban J connectivity index is 0.000000231. The fourth-order valence-corrected chi connectivity index (χ4v) is 9.40. The average molecular weight is 1140 g/mol. The zero-order chi connectivity index (χ0) is 58.2. The molecule has 2 atom stereocenters. The van der Waals surface area contributed by atoms with E-state index in [1.807, 2.05) is 39.0 Å². The van der Waals surface area contributed by atoms with E-state index in [2.05, 4.69) is 0 Å². The van der Waals surface area contributed by atoms with Crippen LogP contribution in [0, 0.1) is 10.1 Å². The predicted molar refractivity (Wildman–Crippen MR) is 302 cm³/mol. The van der Waals surface area contributed by atoms with Crippen LogP contribution in [0.5, 0.6) is 0 Å². The van der Waals surface area contributed by atoms with Crippen molar-refractivity contribution in [2.24, 2.45) is 0 Å². The van der Waals surface area contributed by atoms with Crippen LogP contribution in [-0.2, 0) is 18.9 Å². The summed E-state index contributed by atoms with van der Waals surface area (Å²) >= 11 is 12.0. The summed E-state index contributed by atoms with van der Waals surface area (Å²) in [5, 5.41) is 36.0. The molecule has 2 aliphatic heterocycles. The van der Waals surface area contributed by atoms with Gasteiger partial charge in [0.25, 0.3) is 5.69 Å². The summed E-state index contributed by atoms with van der Waals surface area (Å²) in [7, 11) is 0. The van der Waals surface area contributed by atoms with Gasteiger partial charge in [-0.3, -0.25) is 10.1 Å². The van der Waals surface area contributed by atoms with Crippen molar-refractivity contribution in [1.29, 1.82) is 0 Å². The van der Waals surface area contributed by atoms with E-state index < -0.39 is 46.4 Å². The summed E-state index contributed by atoms with van der Waals surface area (Å²) < 4.78 is 33.0. The van der Waals surface area contributed by atoms with Gasteiger partial charge in [-0.15, -0.1) is 0 Å². The van der Waals surface area contributed by atoms with Gasteiger partial charge in [-0.05, 0) is 176 Å². The number of benzene rings is 4. The first-order chi connectivity index (χ1) is 37.8. The second-order valence-corrected chi connectivity index (χ2v) is 22.0. The summed E-state index contributed by atoms with van der Waals surface area (Å²) in [6.45, 7) is 16.3. The van der Waals surface area contributed by atoms with Crippen molar-refractivity contribution in [2.45, 2.75) is 104 Å².